The van der Waals surface area contributed by atoms with Gasteiger partial charge in [0, 0.05) is 61.2 Å². The van der Waals surface area contributed by atoms with E-state index in [-0.39, 0.29) is 12.5 Å². The summed E-state index contributed by atoms with van der Waals surface area (Å²) in [7, 11) is 0. The molecule has 1 fully saturated rings. The number of nitrogens with zero attached hydrogens (tertiary/aromatic N) is 4. The summed E-state index contributed by atoms with van der Waals surface area (Å²) in [5.74, 6) is 0.104. The average Bonchev–Trinajstić information content (AvgIpc) is 2.86. The largest absolute Gasteiger partial charge is 0.369 e. The first-order chi connectivity index (χ1) is 16.2. The van der Waals surface area contributed by atoms with E-state index in [2.05, 4.69) is 37.2 Å². The molecule has 1 aromatic heterocycles. The number of alkyl halides is 1. The fourth-order valence-electron chi connectivity index (χ4n) is 4.25. The second kappa shape index (κ2) is 9.50. The van der Waals surface area contributed by atoms with Crippen molar-refractivity contribution in [3.8, 4) is 11.1 Å². The summed E-state index contributed by atoms with van der Waals surface area (Å²) in [5.41, 5.74) is 3.81. The number of hydrogen-bond donors (Lipinski definition) is 1. The van der Waals surface area contributed by atoms with Crippen LogP contribution in [0.5, 0.6) is 0 Å². The molecule has 33 heavy (non-hydrogen) atoms. The van der Waals surface area contributed by atoms with E-state index in [9.17, 15) is 8.78 Å². The summed E-state index contributed by atoms with van der Waals surface area (Å²) in [4.78, 5) is 13.5. The number of hydrogen-bond acceptors (Lipinski definition) is 5. The van der Waals surface area contributed by atoms with Crippen LogP contribution in [0.25, 0.3) is 22.0 Å². The molecule has 168 valence electrons. The number of rotatable bonds is 6. The molecule has 0 atom stereocenters. The maximum atomic E-state index is 14.7. The van der Waals surface area contributed by atoms with Gasteiger partial charge in [0.2, 0.25) is 5.95 Å². The lowest BCUT2D eigenvalue weighted by Gasteiger charge is -2.35. The molecule has 0 saturated carbocycles. The molecule has 1 saturated heterocycles. The van der Waals surface area contributed by atoms with Crippen LogP contribution in [0.4, 0.5) is 26.1 Å². The third-order valence-corrected chi connectivity index (χ3v) is 6.03. The molecule has 7 heteroatoms. The summed E-state index contributed by atoms with van der Waals surface area (Å²) in [6.45, 7) is 3.72. The fraction of sp³-hybridized carbons (Fsp3) is 0.231. The normalized spacial score (nSPS) is 14.5. The van der Waals surface area contributed by atoms with E-state index in [1.807, 2.05) is 42.5 Å². The Hall–Kier alpha value is -3.58. The van der Waals surface area contributed by atoms with E-state index in [4.69, 9.17) is 0 Å². The van der Waals surface area contributed by atoms with Crippen LogP contribution in [0.1, 0.15) is 0 Å². The quantitative estimate of drug-likeness (QED) is 0.438. The summed E-state index contributed by atoms with van der Waals surface area (Å²) >= 11 is 0. The van der Waals surface area contributed by atoms with Crippen molar-refractivity contribution in [1.29, 1.82) is 0 Å². The molecule has 1 aliphatic heterocycles. The summed E-state index contributed by atoms with van der Waals surface area (Å²) in [6.07, 6.45) is 1.71. The van der Waals surface area contributed by atoms with E-state index in [1.54, 1.807) is 12.3 Å². The predicted octanol–water partition coefficient (Wildman–Crippen LogP) is 5.27. The van der Waals surface area contributed by atoms with Crippen molar-refractivity contribution in [2.45, 2.75) is 0 Å². The zero-order valence-electron chi connectivity index (χ0n) is 18.2. The Kier molecular flexibility index (Phi) is 6.13. The first kappa shape index (κ1) is 21.3. The van der Waals surface area contributed by atoms with Crippen LogP contribution in [0.15, 0.2) is 72.9 Å². The monoisotopic (exact) mass is 445 g/mol. The first-order valence-electron chi connectivity index (χ1n) is 11.1. The van der Waals surface area contributed by atoms with Gasteiger partial charge in [-0.05, 0) is 42.0 Å². The Morgan fingerprint density at radius 1 is 0.879 bits per heavy atom. The summed E-state index contributed by atoms with van der Waals surface area (Å²) in [6, 6.07) is 20.7. The van der Waals surface area contributed by atoms with Crippen LogP contribution >= 0.6 is 0 Å². The van der Waals surface area contributed by atoms with E-state index in [0.29, 0.717) is 23.6 Å². The van der Waals surface area contributed by atoms with Crippen LogP contribution in [0.3, 0.4) is 0 Å². The number of nitrogens with one attached hydrogen (secondary N) is 1. The van der Waals surface area contributed by atoms with Gasteiger partial charge in [0.25, 0.3) is 0 Å². The Balaban J connectivity index is 1.35. The molecule has 5 rings (SSSR count). The highest BCUT2D eigenvalue weighted by Gasteiger charge is 2.17. The SMILES string of the molecule is FCCN1CCN(c2ccc(Nc3ncc4ccc(F)c(-c5ccccc5)c4n3)cc2)CC1. The number of anilines is 3. The van der Waals surface area contributed by atoms with Crippen LogP contribution < -0.4 is 10.2 Å². The van der Waals surface area contributed by atoms with Crippen LogP contribution in [-0.4, -0.2) is 54.3 Å². The molecular formula is C26H25F2N5. The van der Waals surface area contributed by atoms with Gasteiger partial charge < -0.3 is 10.2 Å². The highest BCUT2D eigenvalue weighted by Crippen LogP contribution is 2.31. The second-order valence-corrected chi connectivity index (χ2v) is 8.11. The highest BCUT2D eigenvalue weighted by molar-refractivity contribution is 5.94. The van der Waals surface area contributed by atoms with Crippen molar-refractivity contribution in [2.75, 3.05) is 49.6 Å². The van der Waals surface area contributed by atoms with Crippen molar-refractivity contribution in [3.05, 3.63) is 78.7 Å². The molecule has 0 radical (unpaired) electrons. The van der Waals surface area contributed by atoms with Crippen molar-refractivity contribution in [2.24, 2.45) is 0 Å². The maximum Gasteiger partial charge on any atom is 0.227 e. The first-order valence-corrected chi connectivity index (χ1v) is 11.1. The molecule has 3 aromatic carbocycles. The van der Waals surface area contributed by atoms with Gasteiger partial charge in [-0.2, -0.15) is 0 Å². The van der Waals surface area contributed by atoms with Gasteiger partial charge in [-0.3, -0.25) is 4.90 Å². The van der Waals surface area contributed by atoms with Gasteiger partial charge in [-0.15, -0.1) is 0 Å². The molecule has 0 amide bonds. The average molecular weight is 446 g/mol. The van der Waals surface area contributed by atoms with Crippen molar-refractivity contribution in [3.63, 3.8) is 0 Å². The van der Waals surface area contributed by atoms with Gasteiger partial charge in [-0.25, -0.2) is 18.7 Å². The van der Waals surface area contributed by atoms with Crippen molar-refractivity contribution < 1.29 is 8.78 Å². The fourth-order valence-corrected chi connectivity index (χ4v) is 4.25. The molecule has 1 N–H and O–H groups in total. The van der Waals surface area contributed by atoms with E-state index in [0.717, 1.165) is 48.5 Å². The summed E-state index contributed by atoms with van der Waals surface area (Å²) < 4.78 is 27.3. The maximum absolute atomic E-state index is 14.7. The third kappa shape index (κ3) is 4.64. The van der Waals surface area contributed by atoms with Gasteiger partial charge >= 0.3 is 0 Å². The molecule has 0 bridgehead atoms. The molecule has 1 aliphatic rings. The minimum Gasteiger partial charge on any atom is -0.369 e. The van der Waals surface area contributed by atoms with E-state index in [1.165, 1.54) is 6.07 Å². The molecular weight excluding hydrogens is 420 g/mol. The van der Waals surface area contributed by atoms with Gasteiger partial charge in [0.15, 0.2) is 0 Å². The lowest BCUT2D eigenvalue weighted by molar-refractivity contribution is 0.235. The molecule has 4 aromatic rings. The lowest BCUT2D eigenvalue weighted by atomic mass is 10.0. The standard InChI is InChI=1S/C26H25F2N5/c27-12-13-32-14-16-33(17-15-32)22-9-7-21(8-10-22)30-26-29-18-20-6-11-23(28)24(25(20)31-26)19-4-2-1-3-5-19/h1-11,18H,12-17H2,(H,29,30,31). The number of halogens is 2. The van der Waals surface area contributed by atoms with E-state index >= 15 is 0 Å². The Labute approximate surface area is 191 Å². The lowest BCUT2D eigenvalue weighted by Crippen LogP contribution is -2.47. The Morgan fingerprint density at radius 2 is 1.64 bits per heavy atom. The predicted molar refractivity (Wildman–Crippen MR) is 129 cm³/mol. The van der Waals surface area contributed by atoms with Crippen LogP contribution in [-0.2, 0) is 0 Å². The zero-order valence-corrected chi connectivity index (χ0v) is 18.2. The Bertz CT molecular complexity index is 1220. The third-order valence-electron chi connectivity index (χ3n) is 6.03. The van der Waals surface area contributed by atoms with Gasteiger partial charge in [0.05, 0.1) is 5.52 Å². The highest BCUT2D eigenvalue weighted by atomic mass is 19.1. The molecule has 0 unspecified atom stereocenters. The van der Waals surface area contributed by atoms with Crippen LogP contribution in [0.2, 0.25) is 0 Å². The van der Waals surface area contributed by atoms with Crippen molar-refractivity contribution in [1.82, 2.24) is 14.9 Å². The molecule has 0 aliphatic carbocycles. The number of fused-ring (bicyclic) bond motifs is 1. The summed E-state index contributed by atoms with van der Waals surface area (Å²) in [5, 5.41) is 4.02. The number of piperazine rings is 1. The van der Waals surface area contributed by atoms with Crippen LogP contribution in [0, 0.1) is 5.82 Å². The Morgan fingerprint density at radius 3 is 2.36 bits per heavy atom. The zero-order chi connectivity index (χ0) is 22.6. The smallest absolute Gasteiger partial charge is 0.227 e. The minimum atomic E-state index is -0.311. The van der Waals surface area contributed by atoms with Crippen molar-refractivity contribution >= 4 is 28.2 Å². The van der Waals surface area contributed by atoms with E-state index < -0.39 is 0 Å². The second-order valence-electron chi connectivity index (χ2n) is 8.11. The topological polar surface area (TPSA) is 44.3 Å². The minimum absolute atomic E-state index is 0.295. The van der Waals surface area contributed by atoms with Gasteiger partial charge in [-0.1, -0.05) is 30.3 Å². The molecule has 2 heterocycles. The number of benzene rings is 3. The molecule has 0 spiro atoms. The van der Waals surface area contributed by atoms with Gasteiger partial charge in [0.1, 0.15) is 12.5 Å². The number of aromatic nitrogens is 2. The molecule has 5 nitrogen and oxygen atoms in total.